The molecule has 2 unspecified atom stereocenters. The monoisotopic (exact) mass is 213 g/mol. The lowest BCUT2D eigenvalue weighted by Crippen LogP contribution is -2.50. The zero-order chi connectivity index (χ0) is 10.9. The summed E-state index contributed by atoms with van der Waals surface area (Å²) < 4.78 is 5.42. The first-order valence-electron chi connectivity index (χ1n) is 5.72. The van der Waals surface area contributed by atoms with Crippen LogP contribution < -0.4 is 5.32 Å². The highest BCUT2D eigenvalue weighted by molar-refractivity contribution is 5.72. The first kappa shape index (κ1) is 10.9. The molecule has 2 rings (SSSR count). The standard InChI is InChI=1S/C11H19NO3/c1-11(5-2-6-11)12-7-8-3-4-9(15-8)10(13)14/h8-9,12H,2-7H2,1H3,(H,13,14). The summed E-state index contributed by atoms with van der Waals surface area (Å²) in [7, 11) is 0. The van der Waals surface area contributed by atoms with Gasteiger partial charge in [0.05, 0.1) is 6.10 Å². The minimum Gasteiger partial charge on any atom is -0.479 e. The second kappa shape index (κ2) is 4.10. The lowest BCUT2D eigenvalue weighted by atomic mass is 9.78. The molecule has 0 aromatic rings. The minimum atomic E-state index is -0.827. The highest BCUT2D eigenvalue weighted by Crippen LogP contribution is 2.31. The molecule has 1 saturated carbocycles. The third kappa shape index (κ3) is 2.49. The number of aliphatic carboxylic acids is 1. The zero-order valence-electron chi connectivity index (χ0n) is 9.16. The Bertz CT molecular complexity index is 250. The van der Waals surface area contributed by atoms with Crippen LogP contribution in [0, 0.1) is 0 Å². The van der Waals surface area contributed by atoms with E-state index in [9.17, 15) is 4.79 Å². The maximum Gasteiger partial charge on any atom is 0.332 e. The molecule has 4 nitrogen and oxygen atoms in total. The van der Waals surface area contributed by atoms with Gasteiger partial charge >= 0.3 is 5.97 Å². The molecule has 0 amide bonds. The third-order valence-corrected chi connectivity index (χ3v) is 3.60. The van der Waals surface area contributed by atoms with Crippen LogP contribution in [0.15, 0.2) is 0 Å². The van der Waals surface area contributed by atoms with Gasteiger partial charge in [0.1, 0.15) is 0 Å². The number of hydrogen-bond donors (Lipinski definition) is 2. The van der Waals surface area contributed by atoms with Gasteiger partial charge in [-0.2, -0.15) is 0 Å². The number of carboxylic acid groups (broad SMARTS) is 1. The Labute approximate surface area is 90.0 Å². The van der Waals surface area contributed by atoms with E-state index in [2.05, 4.69) is 12.2 Å². The molecule has 0 aromatic heterocycles. The third-order valence-electron chi connectivity index (χ3n) is 3.60. The van der Waals surface area contributed by atoms with Crippen LogP contribution >= 0.6 is 0 Å². The summed E-state index contributed by atoms with van der Waals surface area (Å²) in [6.07, 6.45) is 4.77. The lowest BCUT2D eigenvalue weighted by molar-refractivity contribution is -0.149. The molecular weight excluding hydrogens is 194 g/mol. The van der Waals surface area contributed by atoms with Crippen molar-refractivity contribution in [3.05, 3.63) is 0 Å². The van der Waals surface area contributed by atoms with Crippen LogP contribution in [0.5, 0.6) is 0 Å². The first-order chi connectivity index (χ1) is 7.09. The van der Waals surface area contributed by atoms with E-state index in [1.165, 1.54) is 19.3 Å². The van der Waals surface area contributed by atoms with E-state index in [0.29, 0.717) is 6.42 Å². The van der Waals surface area contributed by atoms with Gasteiger partial charge in [0.15, 0.2) is 6.10 Å². The maximum absolute atomic E-state index is 10.7. The fourth-order valence-corrected chi connectivity index (χ4v) is 2.28. The fourth-order valence-electron chi connectivity index (χ4n) is 2.28. The molecule has 0 bridgehead atoms. The molecule has 2 N–H and O–H groups in total. The molecule has 1 heterocycles. The van der Waals surface area contributed by atoms with E-state index in [4.69, 9.17) is 9.84 Å². The summed E-state index contributed by atoms with van der Waals surface area (Å²) in [5.74, 6) is -0.827. The molecule has 0 radical (unpaired) electrons. The number of nitrogens with one attached hydrogen (secondary N) is 1. The number of carbonyl (C=O) groups is 1. The topological polar surface area (TPSA) is 58.6 Å². The van der Waals surface area contributed by atoms with Gasteiger partial charge in [-0.3, -0.25) is 0 Å². The number of ether oxygens (including phenoxy) is 1. The Kier molecular flexibility index (Phi) is 2.98. The van der Waals surface area contributed by atoms with Gasteiger partial charge in [0, 0.05) is 12.1 Å². The Balaban J connectivity index is 1.70. The van der Waals surface area contributed by atoms with E-state index in [-0.39, 0.29) is 11.6 Å². The second-order valence-electron chi connectivity index (χ2n) is 4.96. The Hall–Kier alpha value is -0.610. The molecule has 2 aliphatic rings. The van der Waals surface area contributed by atoms with Gasteiger partial charge in [-0.05, 0) is 39.0 Å². The Morgan fingerprint density at radius 1 is 1.53 bits per heavy atom. The van der Waals surface area contributed by atoms with Gasteiger partial charge in [0.25, 0.3) is 0 Å². The van der Waals surface area contributed by atoms with Crippen molar-refractivity contribution in [1.29, 1.82) is 0 Å². The quantitative estimate of drug-likeness (QED) is 0.735. The summed E-state index contributed by atoms with van der Waals surface area (Å²) in [5.41, 5.74) is 0.282. The van der Waals surface area contributed by atoms with E-state index >= 15 is 0 Å². The molecule has 1 aliphatic carbocycles. The van der Waals surface area contributed by atoms with Crippen molar-refractivity contribution in [2.75, 3.05) is 6.54 Å². The molecule has 0 spiro atoms. The minimum absolute atomic E-state index is 0.0866. The molecule has 0 aromatic carbocycles. The summed E-state index contributed by atoms with van der Waals surface area (Å²) in [5, 5.41) is 12.3. The normalized spacial score (nSPS) is 33.7. The summed E-state index contributed by atoms with van der Waals surface area (Å²) in [4.78, 5) is 10.7. The van der Waals surface area contributed by atoms with Crippen LogP contribution in [0.25, 0.3) is 0 Å². The van der Waals surface area contributed by atoms with Crippen LogP contribution in [-0.2, 0) is 9.53 Å². The highest BCUT2D eigenvalue weighted by atomic mass is 16.5. The second-order valence-corrected chi connectivity index (χ2v) is 4.96. The average molecular weight is 213 g/mol. The summed E-state index contributed by atoms with van der Waals surface area (Å²) in [6.45, 7) is 3.01. The van der Waals surface area contributed by atoms with E-state index in [0.717, 1.165) is 13.0 Å². The lowest BCUT2D eigenvalue weighted by Gasteiger charge is -2.40. The SMILES string of the molecule is CC1(NCC2CCC(C(=O)O)O2)CCC1. The first-order valence-corrected chi connectivity index (χ1v) is 5.72. The summed E-state index contributed by atoms with van der Waals surface area (Å²) >= 11 is 0. The van der Waals surface area contributed by atoms with E-state index in [1.807, 2.05) is 0 Å². The van der Waals surface area contributed by atoms with Crippen LogP contribution in [0.2, 0.25) is 0 Å². The van der Waals surface area contributed by atoms with Gasteiger partial charge in [-0.1, -0.05) is 0 Å². The maximum atomic E-state index is 10.7. The van der Waals surface area contributed by atoms with Crippen molar-refractivity contribution >= 4 is 5.97 Å². The van der Waals surface area contributed by atoms with E-state index < -0.39 is 12.1 Å². The van der Waals surface area contributed by atoms with Crippen LogP contribution in [0.4, 0.5) is 0 Å². The van der Waals surface area contributed by atoms with Crippen LogP contribution in [0.3, 0.4) is 0 Å². The predicted molar refractivity (Wildman–Crippen MR) is 55.8 cm³/mol. The molecule has 86 valence electrons. The van der Waals surface area contributed by atoms with Crippen molar-refractivity contribution in [2.24, 2.45) is 0 Å². The van der Waals surface area contributed by atoms with Crippen LogP contribution in [0.1, 0.15) is 39.0 Å². The number of carboxylic acids is 1. The zero-order valence-corrected chi connectivity index (χ0v) is 9.16. The van der Waals surface area contributed by atoms with Crippen molar-refractivity contribution < 1.29 is 14.6 Å². The van der Waals surface area contributed by atoms with Gasteiger partial charge in [-0.15, -0.1) is 0 Å². The predicted octanol–water partition coefficient (Wildman–Crippen LogP) is 1.15. The van der Waals surface area contributed by atoms with Crippen molar-refractivity contribution in [1.82, 2.24) is 5.32 Å². The molecule has 2 fully saturated rings. The summed E-state index contributed by atoms with van der Waals surface area (Å²) in [6, 6.07) is 0. The Morgan fingerprint density at radius 2 is 2.27 bits per heavy atom. The van der Waals surface area contributed by atoms with Crippen molar-refractivity contribution in [2.45, 2.75) is 56.8 Å². The van der Waals surface area contributed by atoms with E-state index in [1.54, 1.807) is 0 Å². The molecule has 1 saturated heterocycles. The Morgan fingerprint density at radius 3 is 2.73 bits per heavy atom. The molecule has 15 heavy (non-hydrogen) atoms. The fraction of sp³-hybridized carbons (Fsp3) is 0.909. The molecule has 2 atom stereocenters. The van der Waals surface area contributed by atoms with Crippen LogP contribution in [-0.4, -0.2) is 35.4 Å². The smallest absolute Gasteiger partial charge is 0.332 e. The van der Waals surface area contributed by atoms with Gasteiger partial charge in [0.2, 0.25) is 0 Å². The number of rotatable bonds is 4. The van der Waals surface area contributed by atoms with Gasteiger partial charge < -0.3 is 15.2 Å². The average Bonchev–Trinajstić information content (AvgIpc) is 2.60. The number of hydrogen-bond acceptors (Lipinski definition) is 3. The highest BCUT2D eigenvalue weighted by Gasteiger charge is 2.34. The van der Waals surface area contributed by atoms with Crippen molar-refractivity contribution in [3.8, 4) is 0 Å². The van der Waals surface area contributed by atoms with Gasteiger partial charge in [-0.25, -0.2) is 4.79 Å². The van der Waals surface area contributed by atoms with Crippen molar-refractivity contribution in [3.63, 3.8) is 0 Å². The molecular formula is C11H19NO3. The largest absolute Gasteiger partial charge is 0.479 e. The molecule has 1 aliphatic heterocycles. The molecule has 4 heteroatoms.